The van der Waals surface area contributed by atoms with Gasteiger partial charge in [0.25, 0.3) is 0 Å². The lowest BCUT2D eigenvalue weighted by atomic mass is 10.2. The number of hydrogen-bond donors (Lipinski definition) is 1. The molecule has 4 aromatic heterocycles. The minimum absolute atomic E-state index is 0.0471. The largest absolute Gasteiger partial charge is 0.309 e. The molecule has 0 unspecified atom stereocenters. The van der Waals surface area contributed by atoms with Gasteiger partial charge in [0.15, 0.2) is 15.5 Å². The summed E-state index contributed by atoms with van der Waals surface area (Å²) in [5.74, 6) is 1.76. The predicted molar refractivity (Wildman–Crippen MR) is 123 cm³/mol. The summed E-state index contributed by atoms with van der Waals surface area (Å²) in [6.45, 7) is 0. The average Bonchev–Trinajstić information content (AvgIpc) is 3.44. The third-order valence-electron chi connectivity index (χ3n) is 5.19. The van der Waals surface area contributed by atoms with Crippen molar-refractivity contribution in [2.45, 2.75) is 11.3 Å². The van der Waals surface area contributed by atoms with E-state index in [1.165, 1.54) is 0 Å². The monoisotopic (exact) mass is 460 g/mol. The highest BCUT2D eigenvalue weighted by molar-refractivity contribution is 7.91. The first-order valence-corrected chi connectivity index (χ1v) is 11.8. The van der Waals surface area contributed by atoms with Crippen LogP contribution in [-0.4, -0.2) is 48.5 Å². The zero-order valence-corrected chi connectivity index (χ0v) is 18.5. The molecule has 4 heterocycles. The van der Waals surface area contributed by atoms with Gasteiger partial charge in [0.05, 0.1) is 22.5 Å². The summed E-state index contributed by atoms with van der Waals surface area (Å²) in [6.07, 6.45) is 5.44. The number of rotatable bonds is 7. The Kier molecular flexibility index (Phi) is 5.31. The molecule has 5 aromatic rings. The molecular formula is C22H20N8O2S. The minimum Gasteiger partial charge on any atom is -0.309 e. The summed E-state index contributed by atoms with van der Waals surface area (Å²) in [7, 11) is -1.57. The molecule has 0 aliphatic rings. The summed E-state index contributed by atoms with van der Waals surface area (Å²) in [5.41, 5.74) is 2.17. The molecule has 0 bridgehead atoms. The van der Waals surface area contributed by atoms with Crippen LogP contribution in [0.15, 0.2) is 78.1 Å². The highest BCUT2D eigenvalue weighted by Gasteiger charge is 2.16. The first-order valence-electron chi connectivity index (χ1n) is 10.2. The van der Waals surface area contributed by atoms with E-state index in [0.717, 1.165) is 11.4 Å². The fourth-order valence-corrected chi connectivity index (χ4v) is 4.69. The third kappa shape index (κ3) is 4.30. The molecule has 0 saturated heterocycles. The van der Waals surface area contributed by atoms with E-state index in [9.17, 15) is 8.42 Å². The van der Waals surface area contributed by atoms with Gasteiger partial charge in [-0.3, -0.25) is 9.08 Å². The topological polar surface area (TPSA) is 120 Å². The van der Waals surface area contributed by atoms with E-state index in [4.69, 9.17) is 0 Å². The zero-order valence-electron chi connectivity index (χ0n) is 17.7. The van der Waals surface area contributed by atoms with E-state index in [0.29, 0.717) is 28.0 Å². The van der Waals surface area contributed by atoms with Crippen molar-refractivity contribution in [1.82, 2.24) is 34.3 Å². The van der Waals surface area contributed by atoms with Gasteiger partial charge in [-0.05, 0) is 30.3 Å². The van der Waals surface area contributed by atoms with Gasteiger partial charge in [-0.15, -0.1) is 10.2 Å². The number of aryl methyl sites for hydroxylation is 2. The maximum absolute atomic E-state index is 12.6. The molecular weight excluding hydrogens is 440 g/mol. The molecule has 0 amide bonds. The Morgan fingerprint density at radius 1 is 1.00 bits per heavy atom. The number of benzene rings is 1. The normalized spacial score (nSPS) is 11.7. The van der Waals surface area contributed by atoms with Crippen LogP contribution in [0.5, 0.6) is 0 Å². The highest BCUT2D eigenvalue weighted by Crippen LogP contribution is 2.21. The maximum Gasteiger partial charge on any atom is 0.228 e. The lowest BCUT2D eigenvalue weighted by Gasteiger charge is -2.07. The van der Waals surface area contributed by atoms with E-state index in [2.05, 4.69) is 30.6 Å². The first kappa shape index (κ1) is 20.8. The van der Waals surface area contributed by atoms with Gasteiger partial charge in [0, 0.05) is 37.5 Å². The highest BCUT2D eigenvalue weighted by atomic mass is 32.2. The summed E-state index contributed by atoms with van der Waals surface area (Å²) in [5, 5.41) is 15.7. The molecule has 0 radical (unpaired) electrons. The van der Waals surface area contributed by atoms with Crippen LogP contribution in [0.3, 0.4) is 0 Å². The van der Waals surface area contributed by atoms with Crippen LogP contribution in [-0.2, 0) is 23.3 Å². The lowest BCUT2D eigenvalue weighted by molar-refractivity contribution is 0.594. The van der Waals surface area contributed by atoms with Gasteiger partial charge in [-0.25, -0.2) is 18.4 Å². The van der Waals surface area contributed by atoms with Crippen LogP contribution in [0, 0.1) is 0 Å². The van der Waals surface area contributed by atoms with Gasteiger partial charge in [-0.2, -0.15) is 5.10 Å². The van der Waals surface area contributed by atoms with Crippen LogP contribution >= 0.6 is 0 Å². The van der Waals surface area contributed by atoms with Crippen LogP contribution < -0.4 is 5.32 Å². The van der Waals surface area contributed by atoms with Crippen molar-refractivity contribution in [1.29, 1.82) is 0 Å². The average molecular weight is 461 g/mol. The molecule has 0 atom stereocenters. The number of nitrogens with one attached hydrogen (secondary N) is 1. The molecule has 0 aliphatic carbocycles. The fourth-order valence-electron chi connectivity index (χ4n) is 3.43. The predicted octanol–water partition coefficient (Wildman–Crippen LogP) is 2.68. The second-order valence-corrected chi connectivity index (χ2v) is 9.48. The van der Waals surface area contributed by atoms with Crippen molar-refractivity contribution in [2.75, 3.05) is 11.1 Å². The lowest BCUT2D eigenvalue weighted by Crippen LogP contribution is -2.11. The number of aromatic nitrogens is 7. The fraction of sp³-hybridized carbons (Fsp3) is 0.136. The number of hydrogen-bond acceptors (Lipinski definition) is 8. The standard InChI is InChI=1S/C22H20N8O2S/c1-29-19(8-12-24-29)26-22-23-11-7-18(25-22)16-9-13-30-20(27-28-21(30)15-16)10-14-33(31,32)17-5-3-2-4-6-17/h2-9,11-13,15H,10,14H2,1H3,(H,23,25,26). The molecule has 0 fully saturated rings. The Balaban J connectivity index is 1.36. The Morgan fingerprint density at radius 2 is 1.85 bits per heavy atom. The van der Waals surface area contributed by atoms with Gasteiger partial charge in [-0.1, -0.05) is 18.2 Å². The third-order valence-corrected chi connectivity index (χ3v) is 6.92. The first-order chi connectivity index (χ1) is 16.0. The van der Waals surface area contributed by atoms with Crippen molar-refractivity contribution in [3.63, 3.8) is 0 Å². The number of nitrogens with zero attached hydrogens (tertiary/aromatic N) is 7. The second kappa shape index (κ2) is 8.43. The van der Waals surface area contributed by atoms with Crippen LogP contribution in [0.25, 0.3) is 16.9 Å². The van der Waals surface area contributed by atoms with Crippen molar-refractivity contribution in [2.24, 2.45) is 7.05 Å². The maximum atomic E-state index is 12.6. The molecule has 33 heavy (non-hydrogen) atoms. The summed E-state index contributed by atoms with van der Waals surface area (Å²) in [6, 6.07) is 15.8. The zero-order chi connectivity index (χ0) is 22.8. The molecule has 5 rings (SSSR count). The quantitative estimate of drug-likeness (QED) is 0.394. The molecule has 1 N–H and O–H groups in total. The number of sulfone groups is 1. The smallest absolute Gasteiger partial charge is 0.228 e. The number of pyridine rings is 1. The minimum atomic E-state index is -3.40. The number of anilines is 2. The van der Waals surface area contributed by atoms with Crippen molar-refractivity contribution < 1.29 is 8.42 Å². The Morgan fingerprint density at radius 3 is 2.64 bits per heavy atom. The van der Waals surface area contributed by atoms with Gasteiger partial charge < -0.3 is 5.32 Å². The van der Waals surface area contributed by atoms with Crippen molar-refractivity contribution >= 4 is 27.3 Å². The van der Waals surface area contributed by atoms with E-state index in [1.54, 1.807) is 51.8 Å². The summed E-state index contributed by atoms with van der Waals surface area (Å²) in [4.78, 5) is 9.15. The molecule has 10 nitrogen and oxygen atoms in total. The SMILES string of the molecule is Cn1nccc1Nc1nccc(-c2ccn3c(CCS(=O)(=O)c4ccccc4)nnc3c2)n1. The van der Waals surface area contributed by atoms with Crippen molar-refractivity contribution in [3.8, 4) is 11.3 Å². The summed E-state index contributed by atoms with van der Waals surface area (Å²) < 4.78 is 28.7. The van der Waals surface area contributed by atoms with Crippen LogP contribution in [0.1, 0.15) is 5.82 Å². The molecule has 0 spiro atoms. The van der Waals surface area contributed by atoms with Gasteiger partial charge in [0.2, 0.25) is 5.95 Å². The van der Waals surface area contributed by atoms with Crippen LogP contribution in [0.4, 0.5) is 11.8 Å². The Labute approximate surface area is 189 Å². The molecule has 1 aromatic carbocycles. The number of fused-ring (bicyclic) bond motifs is 1. The molecule has 166 valence electrons. The van der Waals surface area contributed by atoms with E-state index in [1.807, 2.05) is 37.5 Å². The Bertz CT molecular complexity index is 1530. The van der Waals surface area contributed by atoms with E-state index in [-0.39, 0.29) is 12.2 Å². The summed E-state index contributed by atoms with van der Waals surface area (Å²) >= 11 is 0. The molecule has 11 heteroatoms. The molecule has 0 aliphatic heterocycles. The van der Waals surface area contributed by atoms with Gasteiger partial charge >= 0.3 is 0 Å². The second-order valence-electron chi connectivity index (χ2n) is 7.37. The van der Waals surface area contributed by atoms with E-state index < -0.39 is 9.84 Å². The Hall–Kier alpha value is -4.12. The van der Waals surface area contributed by atoms with Crippen molar-refractivity contribution in [3.05, 3.63) is 79.0 Å². The molecule has 0 saturated carbocycles. The van der Waals surface area contributed by atoms with Crippen LogP contribution in [0.2, 0.25) is 0 Å². The van der Waals surface area contributed by atoms with Gasteiger partial charge in [0.1, 0.15) is 11.6 Å². The van der Waals surface area contributed by atoms with E-state index >= 15 is 0 Å².